The fraction of sp³-hybridized carbons (Fsp3) is 0.214. The van der Waals surface area contributed by atoms with Gasteiger partial charge in [0.25, 0.3) is 0 Å². The SMILES string of the molecule is Nc1cnc(N2CCCOc3ccccc32)c(Br)c1. The standard InChI is InChI=1S/C14H14BrN3O/c15-11-8-10(16)9-17-14(11)18-6-3-7-19-13-5-2-1-4-12(13)18/h1-2,4-5,8-9H,3,6-7,16H2. The minimum atomic E-state index is 0.648. The van der Waals surface area contributed by atoms with Crippen molar-refractivity contribution in [3.8, 4) is 5.75 Å². The van der Waals surface area contributed by atoms with Gasteiger partial charge >= 0.3 is 0 Å². The van der Waals surface area contributed by atoms with E-state index in [1.807, 2.05) is 30.3 Å². The summed E-state index contributed by atoms with van der Waals surface area (Å²) in [6.45, 7) is 1.59. The van der Waals surface area contributed by atoms with Gasteiger partial charge in [0.05, 0.1) is 28.7 Å². The molecule has 0 amide bonds. The number of hydrogen-bond acceptors (Lipinski definition) is 4. The van der Waals surface area contributed by atoms with Crippen LogP contribution in [0, 0.1) is 0 Å². The molecule has 1 aromatic carbocycles. The molecule has 1 aromatic heterocycles. The second-order valence-corrected chi connectivity index (χ2v) is 5.25. The molecular formula is C14H14BrN3O. The van der Waals surface area contributed by atoms with E-state index in [-0.39, 0.29) is 0 Å². The molecule has 98 valence electrons. The molecule has 0 spiro atoms. The number of ether oxygens (including phenoxy) is 1. The number of nitrogens with zero attached hydrogens (tertiary/aromatic N) is 2. The molecule has 0 bridgehead atoms. The Balaban J connectivity index is 2.09. The number of nitrogens with two attached hydrogens (primary N) is 1. The molecule has 5 heteroatoms. The van der Waals surface area contributed by atoms with Gasteiger partial charge in [-0.25, -0.2) is 4.98 Å². The highest BCUT2D eigenvalue weighted by Gasteiger charge is 2.20. The summed E-state index contributed by atoms with van der Waals surface area (Å²) >= 11 is 3.54. The van der Waals surface area contributed by atoms with Gasteiger partial charge in [-0.15, -0.1) is 0 Å². The van der Waals surface area contributed by atoms with E-state index in [0.29, 0.717) is 5.69 Å². The van der Waals surface area contributed by atoms with Crippen LogP contribution in [0.3, 0.4) is 0 Å². The average molecular weight is 320 g/mol. The first-order valence-electron chi connectivity index (χ1n) is 6.16. The Labute approximate surface area is 120 Å². The van der Waals surface area contributed by atoms with Crippen molar-refractivity contribution in [3.63, 3.8) is 0 Å². The van der Waals surface area contributed by atoms with Crippen LogP contribution in [0.4, 0.5) is 17.2 Å². The van der Waals surface area contributed by atoms with Crippen molar-refractivity contribution in [3.05, 3.63) is 41.0 Å². The summed E-state index contributed by atoms with van der Waals surface area (Å²) in [7, 11) is 0. The largest absolute Gasteiger partial charge is 0.491 e. The van der Waals surface area contributed by atoms with E-state index in [4.69, 9.17) is 10.5 Å². The third-order valence-electron chi connectivity index (χ3n) is 3.04. The number of hydrogen-bond donors (Lipinski definition) is 1. The van der Waals surface area contributed by atoms with Crippen molar-refractivity contribution in [1.82, 2.24) is 4.98 Å². The van der Waals surface area contributed by atoms with Gasteiger partial charge < -0.3 is 15.4 Å². The summed E-state index contributed by atoms with van der Waals surface area (Å²) < 4.78 is 6.65. The zero-order chi connectivity index (χ0) is 13.2. The minimum absolute atomic E-state index is 0.648. The number of rotatable bonds is 1. The normalized spacial score (nSPS) is 14.5. The quantitative estimate of drug-likeness (QED) is 0.875. The summed E-state index contributed by atoms with van der Waals surface area (Å²) in [4.78, 5) is 6.60. The van der Waals surface area contributed by atoms with Crippen LogP contribution >= 0.6 is 15.9 Å². The monoisotopic (exact) mass is 319 g/mol. The second-order valence-electron chi connectivity index (χ2n) is 4.40. The number of anilines is 3. The Morgan fingerprint density at radius 2 is 2.16 bits per heavy atom. The lowest BCUT2D eigenvalue weighted by molar-refractivity contribution is 0.322. The molecule has 1 aliphatic heterocycles. The van der Waals surface area contributed by atoms with Gasteiger partial charge in [-0.1, -0.05) is 12.1 Å². The topological polar surface area (TPSA) is 51.4 Å². The second kappa shape index (κ2) is 5.09. The van der Waals surface area contributed by atoms with Crippen molar-refractivity contribution in [2.24, 2.45) is 0 Å². The van der Waals surface area contributed by atoms with Crippen molar-refractivity contribution in [2.45, 2.75) is 6.42 Å². The van der Waals surface area contributed by atoms with Crippen LogP contribution in [0.1, 0.15) is 6.42 Å². The van der Waals surface area contributed by atoms with E-state index in [1.54, 1.807) is 6.20 Å². The highest BCUT2D eigenvalue weighted by molar-refractivity contribution is 9.10. The molecule has 1 aliphatic rings. The first-order valence-corrected chi connectivity index (χ1v) is 6.95. The summed E-state index contributed by atoms with van der Waals surface area (Å²) in [6.07, 6.45) is 2.63. The fourth-order valence-corrected chi connectivity index (χ4v) is 2.77. The van der Waals surface area contributed by atoms with Crippen LogP contribution in [0.2, 0.25) is 0 Å². The van der Waals surface area contributed by atoms with Crippen molar-refractivity contribution in [2.75, 3.05) is 23.8 Å². The molecule has 0 fully saturated rings. The molecule has 2 N–H and O–H groups in total. The molecule has 2 aromatic rings. The predicted octanol–water partition coefficient (Wildman–Crippen LogP) is 3.35. The summed E-state index contributed by atoms with van der Waals surface area (Å²) in [6, 6.07) is 9.89. The van der Waals surface area contributed by atoms with Gasteiger partial charge in [-0.3, -0.25) is 0 Å². The van der Waals surface area contributed by atoms with Gasteiger partial charge in [-0.2, -0.15) is 0 Å². The van der Waals surface area contributed by atoms with Gasteiger partial charge in [0.2, 0.25) is 0 Å². The van der Waals surface area contributed by atoms with Gasteiger partial charge in [0.15, 0.2) is 0 Å². The number of aromatic nitrogens is 1. The molecule has 2 heterocycles. The average Bonchev–Trinajstić information content (AvgIpc) is 2.61. The van der Waals surface area contributed by atoms with Crippen LogP contribution in [-0.4, -0.2) is 18.1 Å². The molecule has 4 nitrogen and oxygen atoms in total. The summed E-state index contributed by atoms with van der Waals surface area (Å²) in [5.41, 5.74) is 7.43. The van der Waals surface area contributed by atoms with Crippen LogP contribution in [0.15, 0.2) is 41.0 Å². The van der Waals surface area contributed by atoms with E-state index >= 15 is 0 Å². The number of benzene rings is 1. The van der Waals surface area contributed by atoms with Crippen LogP contribution in [-0.2, 0) is 0 Å². The molecule has 0 atom stereocenters. The highest BCUT2D eigenvalue weighted by atomic mass is 79.9. The van der Waals surface area contributed by atoms with Crippen molar-refractivity contribution in [1.29, 1.82) is 0 Å². The molecule has 19 heavy (non-hydrogen) atoms. The Morgan fingerprint density at radius 1 is 1.32 bits per heavy atom. The smallest absolute Gasteiger partial charge is 0.147 e. The van der Waals surface area contributed by atoms with E-state index in [9.17, 15) is 0 Å². The maximum Gasteiger partial charge on any atom is 0.147 e. The van der Waals surface area contributed by atoms with Crippen molar-refractivity contribution >= 4 is 33.1 Å². The molecule has 0 radical (unpaired) electrons. The van der Waals surface area contributed by atoms with Gasteiger partial charge in [-0.05, 0) is 40.5 Å². The first kappa shape index (κ1) is 12.3. The van der Waals surface area contributed by atoms with E-state index in [2.05, 4.69) is 25.8 Å². The first-order chi connectivity index (χ1) is 9.25. The predicted molar refractivity (Wildman–Crippen MR) is 79.9 cm³/mol. The number of para-hydroxylation sites is 2. The van der Waals surface area contributed by atoms with E-state index in [0.717, 1.165) is 41.3 Å². The molecule has 0 aliphatic carbocycles. The summed E-state index contributed by atoms with van der Waals surface area (Å²) in [5.74, 6) is 1.76. The Kier molecular flexibility index (Phi) is 3.29. The number of halogens is 1. The molecule has 0 saturated heterocycles. The maximum absolute atomic E-state index is 5.75. The van der Waals surface area contributed by atoms with E-state index < -0.39 is 0 Å². The lowest BCUT2D eigenvalue weighted by atomic mass is 10.2. The minimum Gasteiger partial charge on any atom is -0.491 e. The lowest BCUT2D eigenvalue weighted by Crippen LogP contribution is -2.19. The number of nitrogen functional groups attached to an aromatic ring is 1. The molecule has 3 rings (SSSR count). The van der Waals surface area contributed by atoms with Gasteiger partial charge in [0.1, 0.15) is 11.6 Å². The lowest BCUT2D eigenvalue weighted by Gasteiger charge is -2.23. The maximum atomic E-state index is 5.75. The van der Waals surface area contributed by atoms with Crippen molar-refractivity contribution < 1.29 is 4.74 Å². The molecule has 0 unspecified atom stereocenters. The zero-order valence-corrected chi connectivity index (χ0v) is 11.9. The molecule has 0 saturated carbocycles. The third kappa shape index (κ3) is 2.38. The zero-order valence-electron chi connectivity index (χ0n) is 10.3. The fourth-order valence-electron chi connectivity index (χ4n) is 2.19. The molecular weight excluding hydrogens is 306 g/mol. The third-order valence-corrected chi connectivity index (χ3v) is 3.62. The van der Waals surface area contributed by atoms with Gasteiger partial charge in [0, 0.05) is 6.54 Å². The summed E-state index contributed by atoms with van der Waals surface area (Å²) in [5, 5.41) is 0. The van der Waals surface area contributed by atoms with Crippen LogP contribution in [0.5, 0.6) is 5.75 Å². The number of pyridine rings is 1. The number of fused-ring (bicyclic) bond motifs is 1. The highest BCUT2D eigenvalue weighted by Crippen LogP contribution is 2.38. The Bertz CT molecular complexity index is 603. The Morgan fingerprint density at radius 3 is 3.00 bits per heavy atom. The Hall–Kier alpha value is -1.75. The van der Waals surface area contributed by atoms with Crippen LogP contribution in [0.25, 0.3) is 0 Å². The van der Waals surface area contributed by atoms with Crippen LogP contribution < -0.4 is 15.4 Å². The van der Waals surface area contributed by atoms with E-state index in [1.165, 1.54) is 0 Å².